The van der Waals surface area contributed by atoms with Crippen LogP contribution in [0, 0.1) is 23.2 Å². The molecule has 0 aromatic rings. The molecule has 0 amide bonds. The van der Waals surface area contributed by atoms with Gasteiger partial charge in [-0.05, 0) is 24.7 Å². The Balaban J connectivity index is 1.98. The van der Waals surface area contributed by atoms with Crippen LogP contribution >= 0.6 is 0 Å². The zero-order chi connectivity index (χ0) is 13.1. The normalized spacial score (nSPS) is 47.6. The Morgan fingerprint density at radius 1 is 1.33 bits per heavy atom. The van der Waals surface area contributed by atoms with Crippen molar-refractivity contribution >= 4 is 11.8 Å². The summed E-state index contributed by atoms with van der Waals surface area (Å²) >= 11 is 0. The summed E-state index contributed by atoms with van der Waals surface area (Å²) in [5, 5.41) is 0. The first-order valence-electron chi connectivity index (χ1n) is 6.86. The van der Waals surface area contributed by atoms with Crippen molar-refractivity contribution in [1.29, 1.82) is 0 Å². The Hall–Kier alpha value is -1.12. The average molecular weight is 248 g/mol. The molecule has 3 nitrogen and oxygen atoms in total. The number of rotatable bonds is 0. The summed E-state index contributed by atoms with van der Waals surface area (Å²) < 4.78 is 5.54. The van der Waals surface area contributed by atoms with Gasteiger partial charge in [0, 0.05) is 29.7 Å². The molecule has 0 bridgehead atoms. The van der Waals surface area contributed by atoms with E-state index in [1.54, 1.807) is 0 Å². The van der Waals surface area contributed by atoms with Gasteiger partial charge in [-0.1, -0.05) is 20.4 Å². The number of Topliss-reactive ketones (excluding diaryl/α,β-unsaturated/α-hetero) is 1. The summed E-state index contributed by atoms with van der Waals surface area (Å²) in [5.41, 5.74) is 0.770. The summed E-state index contributed by atoms with van der Waals surface area (Å²) in [6.07, 6.45) is 3.56. The highest BCUT2D eigenvalue weighted by molar-refractivity contribution is 5.91. The van der Waals surface area contributed by atoms with Gasteiger partial charge in [-0.2, -0.15) is 0 Å². The first kappa shape index (κ1) is 11.9. The molecule has 2 unspecified atom stereocenters. The fraction of sp³-hybridized carbons (Fsp3) is 0.733. The lowest BCUT2D eigenvalue weighted by Crippen LogP contribution is -2.51. The summed E-state index contributed by atoms with van der Waals surface area (Å²) in [6.45, 7) is 8.12. The molecule has 0 spiro atoms. The second kappa shape index (κ2) is 3.69. The number of esters is 1. The summed E-state index contributed by atoms with van der Waals surface area (Å²) in [5.74, 6) is 0.408. The van der Waals surface area contributed by atoms with Gasteiger partial charge in [0.25, 0.3) is 0 Å². The van der Waals surface area contributed by atoms with Crippen molar-refractivity contribution in [3.63, 3.8) is 0 Å². The average Bonchev–Trinajstić information content (AvgIpc) is 2.60. The standard InChI is InChI=1S/C15H20O3/c1-8-10-4-6-15(3)7-5-11(16)9(2)12(15)13(10)18-14(8)17/h9-10,12-13H,1,4-7H2,2-3H3/t9?,10-,12?,13-,15-/m0/s1. The van der Waals surface area contributed by atoms with Crippen LogP contribution < -0.4 is 0 Å². The number of hydrogen-bond acceptors (Lipinski definition) is 3. The van der Waals surface area contributed by atoms with E-state index < -0.39 is 0 Å². The van der Waals surface area contributed by atoms with Crippen LogP contribution in [0.4, 0.5) is 0 Å². The van der Waals surface area contributed by atoms with Crippen LogP contribution in [0.25, 0.3) is 0 Å². The summed E-state index contributed by atoms with van der Waals surface area (Å²) in [7, 11) is 0. The van der Waals surface area contributed by atoms with Crippen molar-refractivity contribution in [2.24, 2.45) is 23.2 Å². The van der Waals surface area contributed by atoms with E-state index in [1.807, 2.05) is 6.92 Å². The van der Waals surface area contributed by atoms with Gasteiger partial charge in [-0.25, -0.2) is 4.79 Å². The van der Waals surface area contributed by atoms with Crippen LogP contribution in [0.2, 0.25) is 0 Å². The molecule has 1 saturated heterocycles. The van der Waals surface area contributed by atoms with E-state index in [2.05, 4.69) is 13.5 Å². The van der Waals surface area contributed by atoms with Crippen LogP contribution in [0.15, 0.2) is 12.2 Å². The Morgan fingerprint density at radius 2 is 2.06 bits per heavy atom. The van der Waals surface area contributed by atoms with Gasteiger partial charge in [0.05, 0.1) is 0 Å². The van der Waals surface area contributed by atoms with Crippen molar-refractivity contribution in [1.82, 2.24) is 0 Å². The molecule has 0 radical (unpaired) electrons. The predicted octanol–water partition coefficient (Wildman–Crippen LogP) is 2.50. The Bertz CT molecular complexity index is 439. The molecular formula is C15H20O3. The molecule has 0 N–H and O–H groups in total. The van der Waals surface area contributed by atoms with E-state index in [1.165, 1.54) is 0 Å². The van der Waals surface area contributed by atoms with Crippen LogP contribution in [0.3, 0.4) is 0 Å². The topological polar surface area (TPSA) is 43.4 Å². The largest absolute Gasteiger partial charge is 0.458 e. The second-order valence-corrected chi connectivity index (χ2v) is 6.48. The van der Waals surface area contributed by atoms with Crippen LogP contribution in [-0.2, 0) is 14.3 Å². The summed E-state index contributed by atoms with van der Waals surface area (Å²) in [4.78, 5) is 23.7. The van der Waals surface area contributed by atoms with E-state index >= 15 is 0 Å². The maximum atomic E-state index is 12.0. The lowest BCUT2D eigenvalue weighted by atomic mass is 9.53. The molecule has 98 valence electrons. The number of hydrogen-bond donors (Lipinski definition) is 0. The maximum Gasteiger partial charge on any atom is 0.334 e. The monoisotopic (exact) mass is 248 g/mol. The lowest BCUT2D eigenvalue weighted by Gasteiger charge is -2.51. The Kier molecular flexibility index (Phi) is 2.45. The summed E-state index contributed by atoms with van der Waals surface area (Å²) in [6, 6.07) is 0. The van der Waals surface area contributed by atoms with Gasteiger partial charge in [-0.15, -0.1) is 0 Å². The van der Waals surface area contributed by atoms with Gasteiger partial charge in [-0.3, -0.25) is 4.79 Å². The van der Waals surface area contributed by atoms with E-state index in [-0.39, 0.29) is 35.2 Å². The van der Waals surface area contributed by atoms with Gasteiger partial charge in [0.2, 0.25) is 0 Å². The highest BCUT2D eigenvalue weighted by atomic mass is 16.6. The molecule has 3 heteroatoms. The van der Waals surface area contributed by atoms with Crippen molar-refractivity contribution in [2.45, 2.75) is 45.6 Å². The third-order valence-electron chi connectivity index (χ3n) is 5.52. The number of carbonyl (C=O) groups is 2. The maximum absolute atomic E-state index is 12.0. The zero-order valence-corrected chi connectivity index (χ0v) is 11.1. The van der Waals surface area contributed by atoms with Crippen molar-refractivity contribution in [3.05, 3.63) is 12.2 Å². The highest BCUT2D eigenvalue weighted by Gasteiger charge is 2.57. The van der Waals surface area contributed by atoms with Crippen molar-refractivity contribution in [2.75, 3.05) is 0 Å². The minimum absolute atomic E-state index is 0.00949. The smallest absolute Gasteiger partial charge is 0.334 e. The molecule has 5 atom stereocenters. The van der Waals surface area contributed by atoms with Crippen LogP contribution in [0.1, 0.15) is 39.5 Å². The van der Waals surface area contributed by atoms with Gasteiger partial charge in [0.1, 0.15) is 11.9 Å². The quantitative estimate of drug-likeness (QED) is 0.488. The van der Waals surface area contributed by atoms with Crippen LogP contribution in [0.5, 0.6) is 0 Å². The Morgan fingerprint density at radius 3 is 2.78 bits per heavy atom. The van der Waals surface area contributed by atoms with Crippen molar-refractivity contribution < 1.29 is 14.3 Å². The third-order valence-corrected chi connectivity index (χ3v) is 5.52. The molecular weight excluding hydrogens is 228 g/mol. The molecule has 3 rings (SSSR count). The minimum atomic E-state index is -0.250. The first-order valence-corrected chi connectivity index (χ1v) is 6.86. The third kappa shape index (κ3) is 1.42. The number of ketones is 1. The lowest BCUT2D eigenvalue weighted by molar-refractivity contribution is -0.157. The first-order chi connectivity index (χ1) is 8.44. The predicted molar refractivity (Wildman–Crippen MR) is 66.7 cm³/mol. The molecule has 2 aliphatic carbocycles. The minimum Gasteiger partial charge on any atom is -0.458 e. The molecule has 0 aromatic heterocycles. The van der Waals surface area contributed by atoms with E-state index in [0.717, 1.165) is 19.3 Å². The zero-order valence-electron chi connectivity index (χ0n) is 11.1. The molecule has 18 heavy (non-hydrogen) atoms. The second-order valence-electron chi connectivity index (χ2n) is 6.48. The van der Waals surface area contributed by atoms with E-state index in [9.17, 15) is 9.59 Å². The molecule has 1 heterocycles. The molecule has 3 fully saturated rings. The molecule has 1 aliphatic heterocycles. The SMILES string of the molecule is C=C1C(=O)O[C@@H]2C3C(C)C(=O)CC[C@]3(C)CC[C@@H]12. The highest BCUT2D eigenvalue weighted by Crippen LogP contribution is 2.56. The Labute approximate surface area is 108 Å². The van der Waals surface area contributed by atoms with Gasteiger partial charge in [0.15, 0.2) is 0 Å². The number of fused-ring (bicyclic) bond motifs is 3. The van der Waals surface area contributed by atoms with Crippen LogP contribution in [-0.4, -0.2) is 17.9 Å². The number of ether oxygens (including phenoxy) is 1. The molecule has 2 saturated carbocycles. The van der Waals surface area contributed by atoms with E-state index in [0.29, 0.717) is 17.8 Å². The number of carbonyl (C=O) groups excluding carboxylic acids is 2. The molecule has 3 aliphatic rings. The van der Waals surface area contributed by atoms with Crippen molar-refractivity contribution in [3.8, 4) is 0 Å². The van der Waals surface area contributed by atoms with E-state index in [4.69, 9.17) is 4.74 Å². The molecule has 0 aromatic carbocycles. The van der Waals surface area contributed by atoms with Gasteiger partial charge >= 0.3 is 5.97 Å². The van der Waals surface area contributed by atoms with Gasteiger partial charge < -0.3 is 4.74 Å². The fourth-order valence-corrected chi connectivity index (χ4v) is 4.36. The fourth-order valence-electron chi connectivity index (χ4n) is 4.36.